The zero-order valence-corrected chi connectivity index (χ0v) is 19.9. The van der Waals surface area contributed by atoms with Crippen LogP contribution in [-0.4, -0.2) is 18.6 Å². The van der Waals surface area contributed by atoms with E-state index in [9.17, 15) is 4.79 Å². The molecule has 0 bridgehead atoms. The maximum atomic E-state index is 10.7. The lowest BCUT2D eigenvalue weighted by atomic mass is 9.87. The van der Waals surface area contributed by atoms with E-state index in [1.165, 1.54) is 17.5 Å². The number of nitrogens with one attached hydrogen (secondary N) is 1. The van der Waals surface area contributed by atoms with Gasteiger partial charge in [-0.2, -0.15) is 0 Å². The zero-order valence-electron chi connectivity index (χ0n) is 18.3. The molecule has 1 aromatic heterocycles. The van der Waals surface area contributed by atoms with Crippen molar-refractivity contribution >= 4 is 35.8 Å². The number of aryl methyl sites for hydroxylation is 1. The monoisotopic (exact) mass is 456 g/mol. The molecule has 0 atom stereocenters. The molecule has 3 aromatic rings. The molecule has 0 aliphatic rings. The Hall–Kier alpha value is -2.38. The Balaban J connectivity index is 1.77. The van der Waals surface area contributed by atoms with E-state index in [2.05, 4.69) is 54.9 Å². The van der Waals surface area contributed by atoms with Crippen LogP contribution in [-0.2, 0) is 16.6 Å². The predicted molar refractivity (Wildman–Crippen MR) is 127 cm³/mol. The molecule has 0 spiro atoms. The predicted octanol–water partition coefficient (Wildman–Crippen LogP) is 6.77. The molecule has 7 heteroatoms. The van der Waals surface area contributed by atoms with E-state index in [1.807, 2.05) is 24.3 Å². The maximum absolute atomic E-state index is 10.7. The number of hydrogen-bond acceptors (Lipinski definition) is 7. The van der Waals surface area contributed by atoms with E-state index >= 15 is 0 Å². The van der Waals surface area contributed by atoms with Crippen molar-refractivity contribution in [2.45, 2.75) is 60.1 Å². The summed E-state index contributed by atoms with van der Waals surface area (Å²) in [6.07, 6.45) is 2.82. The van der Waals surface area contributed by atoms with Crippen molar-refractivity contribution in [3.8, 4) is 5.75 Å². The third kappa shape index (κ3) is 6.55. The van der Waals surface area contributed by atoms with Gasteiger partial charge in [-0.1, -0.05) is 55.9 Å². The number of rotatable bonds is 10. The molecule has 0 saturated heterocycles. The van der Waals surface area contributed by atoms with Crippen LogP contribution in [0.4, 0.5) is 5.82 Å². The Morgan fingerprint density at radius 2 is 1.90 bits per heavy atom. The molecule has 0 aliphatic heterocycles. The Morgan fingerprint density at radius 3 is 2.58 bits per heavy atom. The Bertz CT molecular complexity index is 995. The highest BCUT2D eigenvalue weighted by molar-refractivity contribution is 8.01. The number of aldehydes is 1. The summed E-state index contributed by atoms with van der Waals surface area (Å²) in [4.78, 5) is 13.8. The molecule has 164 valence electrons. The van der Waals surface area contributed by atoms with Gasteiger partial charge in [-0.3, -0.25) is 0 Å². The molecule has 0 saturated carbocycles. The van der Waals surface area contributed by atoms with Crippen LogP contribution >= 0.6 is 23.7 Å². The van der Waals surface area contributed by atoms with Crippen LogP contribution in [0.15, 0.2) is 67.7 Å². The fourth-order valence-electron chi connectivity index (χ4n) is 2.90. The topological polar surface area (TPSA) is 64.4 Å². The highest BCUT2D eigenvalue weighted by Crippen LogP contribution is 2.39. The van der Waals surface area contributed by atoms with Crippen LogP contribution in [0, 0.1) is 0 Å². The van der Waals surface area contributed by atoms with Gasteiger partial charge in [-0.25, -0.2) is 0 Å². The van der Waals surface area contributed by atoms with Crippen molar-refractivity contribution in [1.82, 2.24) is 5.16 Å². The fraction of sp³-hybridized carbons (Fsp3) is 0.333. The van der Waals surface area contributed by atoms with Crippen LogP contribution in [0.25, 0.3) is 0 Å². The number of methoxy groups -OCH3 is 1. The highest BCUT2D eigenvalue weighted by atomic mass is 32.2. The van der Waals surface area contributed by atoms with E-state index in [0.717, 1.165) is 38.9 Å². The number of benzene rings is 2. The lowest BCUT2D eigenvalue weighted by Gasteiger charge is -2.19. The van der Waals surface area contributed by atoms with E-state index in [-0.39, 0.29) is 5.41 Å². The van der Waals surface area contributed by atoms with E-state index in [0.29, 0.717) is 18.7 Å². The smallest absolute Gasteiger partial charge is 0.193 e. The Kier molecular flexibility index (Phi) is 8.09. The van der Waals surface area contributed by atoms with Gasteiger partial charge in [-0.05, 0) is 59.7 Å². The number of carbonyl (C=O) groups excluding carboxylic acids is 1. The number of carbonyl (C=O) groups is 1. The van der Waals surface area contributed by atoms with Gasteiger partial charge in [-0.15, -0.1) is 0 Å². The Morgan fingerprint density at radius 1 is 1.13 bits per heavy atom. The van der Waals surface area contributed by atoms with Crippen molar-refractivity contribution in [2.24, 2.45) is 0 Å². The molecule has 0 aliphatic carbocycles. The first-order chi connectivity index (χ1) is 14.9. The van der Waals surface area contributed by atoms with Gasteiger partial charge in [0.05, 0.1) is 7.11 Å². The maximum Gasteiger partial charge on any atom is 0.193 e. The van der Waals surface area contributed by atoms with E-state index in [4.69, 9.17) is 9.26 Å². The minimum absolute atomic E-state index is 0.125. The normalized spacial score (nSPS) is 11.4. The summed E-state index contributed by atoms with van der Waals surface area (Å²) in [6, 6.07) is 16.4. The van der Waals surface area contributed by atoms with Gasteiger partial charge in [0, 0.05) is 22.6 Å². The van der Waals surface area contributed by atoms with Crippen molar-refractivity contribution in [1.29, 1.82) is 0 Å². The first-order valence-corrected chi connectivity index (χ1v) is 11.8. The molecule has 5 nitrogen and oxygen atoms in total. The molecular formula is C24H28N2O3S2. The number of ether oxygens (including phenoxy) is 1. The molecule has 1 N–H and O–H groups in total. The van der Waals surface area contributed by atoms with Gasteiger partial charge >= 0.3 is 0 Å². The summed E-state index contributed by atoms with van der Waals surface area (Å²) < 4.78 is 14.3. The number of hydrogen-bond donors (Lipinski definition) is 1. The van der Waals surface area contributed by atoms with Crippen molar-refractivity contribution < 1.29 is 14.1 Å². The molecule has 0 amide bonds. The number of nitrogens with zero attached hydrogens (tertiary/aromatic N) is 1. The summed E-state index contributed by atoms with van der Waals surface area (Å²) in [5.74, 6) is 2.26. The molecule has 31 heavy (non-hydrogen) atoms. The minimum atomic E-state index is 0.125. The van der Waals surface area contributed by atoms with Gasteiger partial charge < -0.3 is 18.8 Å². The molecule has 0 radical (unpaired) electrons. The van der Waals surface area contributed by atoms with Crippen LogP contribution in [0.5, 0.6) is 5.75 Å². The molecular weight excluding hydrogens is 428 g/mol. The average Bonchev–Trinajstić information content (AvgIpc) is 3.13. The summed E-state index contributed by atoms with van der Waals surface area (Å²) >= 11 is 3.08. The van der Waals surface area contributed by atoms with Crippen LogP contribution in [0.2, 0.25) is 0 Å². The van der Waals surface area contributed by atoms with Crippen LogP contribution in [0.1, 0.15) is 44.9 Å². The molecule has 1 heterocycles. The lowest BCUT2D eigenvalue weighted by Crippen LogP contribution is -2.10. The largest absolute Gasteiger partial charge is 0.497 e. The average molecular weight is 457 g/mol. The van der Waals surface area contributed by atoms with E-state index < -0.39 is 0 Å². The second kappa shape index (κ2) is 10.8. The second-order valence-electron chi connectivity index (χ2n) is 8.10. The minimum Gasteiger partial charge on any atom is -0.497 e. The van der Waals surface area contributed by atoms with Crippen LogP contribution in [0.3, 0.4) is 0 Å². The second-order valence-corrected chi connectivity index (χ2v) is 10.1. The SMILES string of the molecule is COc1cccc(Sc2c(NSc3ccc(C(C)(C)C)cc3)noc2CCCC=O)c1. The standard InChI is InChI=1S/C24H28N2O3S2/c1-24(2,3)17-11-13-19(14-12-17)31-26-23-22(21(29-25-23)10-5-6-15-27)30-20-9-7-8-18(16-20)28-4/h7-9,11-16H,5-6,10H2,1-4H3,(H,25,26). The van der Waals surface area contributed by atoms with Gasteiger partial charge in [0.15, 0.2) is 11.6 Å². The Labute approximate surface area is 192 Å². The zero-order chi connectivity index (χ0) is 22.3. The van der Waals surface area contributed by atoms with Gasteiger partial charge in [0.2, 0.25) is 0 Å². The van der Waals surface area contributed by atoms with Gasteiger partial charge in [0.25, 0.3) is 0 Å². The highest BCUT2D eigenvalue weighted by Gasteiger charge is 2.18. The summed E-state index contributed by atoms with van der Waals surface area (Å²) in [7, 11) is 1.66. The number of anilines is 1. The summed E-state index contributed by atoms with van der Waals surface area (Å²) in [5.41, 5.74) is 1.42. The van der Waals surface area contributed by atoms with E-state index in [1.54, 1.807) is 18.9 Å². The number of aromatic nitrogens is 1. The molecule has 3 rings (SSSR count). The third-order valence-corrected chi connectivity index (χ3v) is 6.61. The molecule has 2 aromatic carbocycles. The van der Waals surface area contributed by atoms with Crippen molar-refractivity contribution in [2.75, 3.05) is 11.8 Å². The number of unbranched alkanes of at least 4 members (excludes halogenated alkanes) is 1. The summed E-state index contributed by atoms with van der Waals surface area (Å²) in [5, 5.41) is 4.26. The van der Waals surface area contributed by atoms with Crippen molar-refractivity contribution in [3.63, 3.8) is 0 Å². The van der Waals surface area contributed by atoms with Crippen molar-refractivity contribution in [3.05, 3.63) is 59.9 Å². The lowest BCUT2D eigenvalue weighted by molar-refractivity contribution is -0.107. The fourth-order valence-corrected chi connectivity index (χ4v) is 4.59. The first kappa shape index (κ1) is 23.3. The summed E-state index contributed by atoms with van der Waals surface area (Å²) in [6.45, 7) is 6.62. The third-order valence-electron chi connectivity index (χ3n) is 4.69. The quantitative estimate of drug-likeness (QED) is 0.205. The first-order valence-electron chi connectivity index (χ1n) is 10.2. The molecule has 0 unspecified atom stereocenters. The van der Waals surface area contributed by atoms with Crippen LogP contribution < -0.4 is 9.46 Å². The van der Waals surface area contributed by atoms with Gasteiger partial charge in [0.1, 0.15) is 16.9 Å². The molecule has 0 fully saturated rings.